The number of hydrogen-bond donors (Lipinski definition) is 2. The molecule has 0 unspecified atom stereocenters. The average molecular weight is 457 g/mol. The third kappa shape index (κ3) is 3.63. The second-order valence-electron chi connectivity index (χ2n) is 5.05. The van der Waals surface area contributed by atoms with Gasteiger partial charge in [-0.05, 0) is 65.1 Å². The number of carbonyl (C=O) groups is 1. The summed E-state index contributed by atoms with van der Waals surface area (Å²) < 4.78 is 42.4. The lowest BCUT2D eigenvalue weighted by Crippen LogP contribution is -2.31. The van der Waals surface area contributed by atoms with Gasteiger partial charge in [0.15, 0.2) is 17.5 Å². The summed E-state index contributed by atoms with van der Waals surface area (Å²) in [4.78, 5) is 12.3. The van der Waals surface area contributed by atoms with Gasteiger partial charge in [-0.15, -0.1) is 0 Å². The fraction of sp³-hybridized carbons (Fsp3) is 0. The molecule has 0 saturated heterocycles. The van der Waals surface area contributed by atoms with Crippen LogP contribution in [0.3, 0.4) is 0 Å². The van der Waals surface area contributed by atoms with Crippen LogP contribution in [0, 0.1) is 21.0 Å². The Bertz CT molecular complexity index is 943. The largest absolute Gasteiger partial charge is 0.312 e. The Hall–Kier alpha value is -2.49. The van der Waals surface area contributed by atoms with E-state index in [9.17, 15) is 18.0 Å². The van der Waals surface area contributed by atoms with Crippen LogP contribution in [0.25, 0.3) is 5.69 Å². The van der Waals surface area contributed by atoms with Crippen LogP contribution < -0.4 is 10.9 Å². The molecule has 3 rings (SSSR count). The maximum absolute atomic E-state index is 13.6. The number of hydrogen-bond acceptors (Lipinski definition) is 2. The number of nitrogens with zero attached hydrogens (tertiary/aromatic N) is 1. The average Bonchev–Trinajstić information content (AvgIpc) is 3.09. The zero-order valence-electron chi connectivity index (χ0n) is 12.6. The Labute approximate surface area is 154 Å². The highest BCUT2D eigenvalue weighted by Crippen LogP contribution is 2.19. The van der Waals surface area contributed by atoms with Crippen molar-refractivity contribution in [2.75, 3.05) is 5.43 Å². The molecule has 1 heterocycles. The molecule has 3 aromatic rings. The van der Waals surface area contributed by atoms with E-state index >= 15 is 0 Å². The Kier molecular flexibility index (Phi) is 4.98. The monoisotopic (exact) mass is 457 g/mol. The maximum atomic E-state index is 13.6. The first-order chi connectivity index (χ1) is 12.0. The summed E-state index contributed by atoms with van der Waals surface area (Å²) in [5.74, 6) is -4.88. The van der Waals surface area contributed by atoms with Crippen LogP contribution in [0.5, 0.6) is 0 Å². The minimum absolute atomic E-state index is 0.289. The summed E-state index contributed by atoms with van der Waals surface area (Å²) in [6.45, 7) is 0. The molecule has 0 bridgehead atoms. The van der Waals surface area contributed by atoms with Crippen LogP contribution in [-0.2, 0) is 0 Å². The Morgan fingerprint density at radius 3 is 2.56 bits per heavy atom. The van der Waals surface area contributed by atoms with Crippen LogP contribution in [0.1, 0.15) is 10.5 Å². The molecule has 0 atom stereocenters. The van der Waals surface area contributed by atoms with E-state index in [0.29, 0.717) is 0 Å². The summed E-state index contributed by atoms with van der Waals surface area (Å²) in [5.41, 5.74) is 5.23. The first-order valence-corrected chi connectivity index (χ1v) is 8.18. The van der Waals surface area contributed by atoms with Gasteiger partial charge >= 0.3 is 0 Å². The first kappa shape index (κ1) is 17.3. The van der Waals surface area contributed by atoms with Crippen molar-refractivity contribution in [2.24, 2.45) is 0 Å². The first-order valence-electron chi connectivity index (χ1n) is 7.10. The number of anilines is 1. The molecule has 2 N–H and O–H groups in total. The van der Waals surface area contributed by atoms with Crippen LogP contribution in [0.4, 0.5) is 18.9 Å². The molecule has 0 fully saturated rings. The molecule has 0 radical (unpaired) electrons. The number of benzene rings is 2. The lowest BCUT2D eigenvalue weighted by atomic mass is 10.3. The van der Waals surface area contributed by atoms with Gasteiger partial charge in [0, 0.05) is 15.5 Å². The van der Waals surface area contributed by atoms with Gasteiger partial charge in [-0.1, -0.05) is 6.07 Å². The second kappa shape index (κ2) is 7.18. The van der Waals surface area contributed by atoms with Gasteiger partial charge < -0.3 is 4.57 Å². The highest BCUT2D eigenvalue weighted by molar-refractivity contribution is 14.1. The van der Waals surface area contributed by atoms with E-state index in [2.05, 4.69) is 33.4 Å². The van der Waals surface area contributed by atoms with Crippen molar-refractivity contribution in [3.63, 3.8) is 0 Å². The molecule has 0 aliphatic carbocycles. The molecule has 0 saturated carbocycles. The van der Waals surface area contributed by atoms with Crippen molar-refractivity contribution in [1.82, 2.24) is 9.99 Å². The maximum Gasteiger partial charge on any atom is 0.286 e. The molecule has 128 valence electrons. The number of hydrazine groups is 1. The van der Waals surface area contributed by atoms with E-state index in [4.69, 9.17) is 0 Å². The molecule has 1 amide bonds. The highest BCUT2D eigenvalue weighted by atomic mass is 127. The summed E-state index contributed by atoms with van der Waals surface area (Å²) >= 11 is 2.16. The van der Waals surface area contributed by atoms with Crippen molar-refractivity contribution in [2.45, 2.75) is 0 Å². The van der Waals surface area contributed by atoms with Gasteiger partial charge in [-0.25, -0.2) is 13.2 Å². The van der Waals surface area contributed by atoms with Gasteiger partial charge in [0.2, 0.25) is 0 Å². The van der Waals surface area contributed by atoms with Gasteiger partial charge in [0.25, 0.3) is 5.91 Å². The molecule has 1 aromatic heterocycles. The van der Waals surface area contributed by atoms with E-state index in [1.807, 2.05) is 24.3 Å². The number of rotatable bonds is 4. The molecular formula is C17H11F3IN3O. The number of carbonyl (C=O) groups excluding carboxylic acids is 1. The second-order valence-corrected chi connectivity index (χ2v) is 6.29. The molecular weight excluding hydrogens is 446 g/mol. The summed E-state index contributed by atoms with van der Waals surface area (Å²) in [6, 6.07) is 12.5. The topological polar surface area (TPSA) is 46.1 Å². The number of amides is 1. The zero-order chi connectivity index (χ0) is 18.0. The molecule has 0 aliphatic heterocycles. The van der Waals surface area contributed by atoms with Crippen molar-refractivity contribution in [1.29, 1.82) is 0 Å². The van der Waals surface area contributed by atoms with E-state index in [-0.39, 0.29) is 11.4 Å². The lowest BCUT2D eigenvalue weighted by molar-refractivity contribution is 0.0956. The van der Waals surface area contributed by atoms with Crippen molar-refractivity contribution >= 4 is 34.2 Å². The molecule has 25 heavy (non-hydrogen) atoms. The lowest BCUT2D eigenvalue weighted by Gasteiger charge is -2.12. The predicted molar refractivity (Wildman–Crippen MR) is 95.9 cm³/mol. The van der Waals surface area contributed by atoms with Crippen molar-refractivity contribution < 1.29 is 18.0 Å². The van der Waals surface area contributed by atoms with Crippen LogP contribution in [0.2, 0.25) is 0 Å². The molecule has 0 aliphatic rings. The number of halogens is 4. The summed E-state index contributed by atoms with van der Waals surface area (Å²) in [6.07, 6.45) is 1.71. The highest BCUT2D eigenvalue weighted by Gasteiger charge is 2.16. The molecule has 4 nitrogen and oxygen atoms in total. The third-order valence-electron chi connectivity index (χ3n) is 3.41. The quantitative estimate of drug-likeness (QED) is 0.350. The van der Waals surface area contributed by atoms with Crippen LogP contribution in [0.15, 0.2) is 54.7 Å². The van der Waals surface area contributed by atoms with Crippen molar-refractivity contribution in [3.8, 4) is 5.69 Å². The molecule has 8 heteroatoms. The minimum Gasteiger partial charge on any atom is -0.312 e. The Balaban J connectivity index is 1.79. The predicted octanol–water partition coefficient (Wildman–Crippen LogP) is 4.26. The van der Waals surface area contributed by atoms with E-state index < -0.39 is 23.4 Å². The molecule has 0 spiro atoms. The summed E-state index contributed by atoms with van der Waals surface area (Å²) in [5, 5.41) is 0. The van der Waals surface area contributed by atoms with Crippen LogP contribution >= 0.6 is 22.6 Å². The van der Waals surface area contributed by atoms with E-state index in [1.54, 1.807) is 22.9 Å². The van der Waals surface area contributed by atoms with Crippen molar-refractivity contribution in [3.05, 3.63) is 81.4 Å². The third-order valence-corrected chi connectivity index (χ3v) is 4.08. The van der Waals surface area contributed by atoms with E-state index in [1.165, 1.54) is 0 Å². The van der Waals surface area contributed by atoms with Gasteiger partial charge in [-0.3, -0.25) is 15.6 Å². The fourth-order valence-corrected chi connectivity index (χ4v) is 2.75. The Morgan fingerprint density at radius 2 is 1.80 bits per heavy atom. The number of nitrogens with one attached hydrogen (secondary N) is 2. The van der Waals surface area contributed by atoms with Gasteiger partial charge in [-0.2, -0.15) is 0 Å². The Morgan fingerprint density at radius 1 is 1.00 bits per heavy atom. The van der Waals surface area contributed by atoms with Crippen LogP contribution in [-0.4, -0.2) is 10.5 Å². The standard InChI is InChI=1S/C17H11F3IN3O/c18-12-6-7-13(16(20)15(12)19)22-23-17(25)14-5-2-8-24(14)11-4-1-3-10(21)9-11/h1-9,22H,(H,23,25). The van der Waals surface area contributed by atoms with Gasteiger partial charge in [0.05, 0.1) is 5.69 Å². The summed E-state index contributed by atoms with van der Waals surface area (Å²) in [7, 11) is 0. The number of aromatic nitrogens is 1. The molecule has 2 aromatic carbocycles. The SMILES string of the molecule is O=C(NNc1ccc(F)c(F)c1F)c1cccn1-c1cccc(I)c1. The minimum atomic E-state index is -1.61. The zero-order valence-corrected chi connectivity index (χ0v) is 14.7. The normalized spacial score (nSPS) is 10.6. The fourth-order valence-electron chi connectivity index (χ4n) is 2.23. The van der Waals surface area contributed by atoms with E-state index in [0.717, 1.165) is 21.4 Å². The smallest absolute Gasteiger partial charge is 0.286 e. The van der Waals surface area contributed by atoms with Gasteiger partial charge in [0.1, 0.15) is 5.69 Å².